The van der Waals surface area contributed by atoms with Gasteiger partial charge in [-0.05, 0) is 36.2 Å². The summed E-state index contributed by atoms with van der Waals surface area (Å²) in [5.74, 6) is 0.575. The third-order valence-electron chi connectivity index (χ3n) is 2.75. The van der Waals surface area contributed by atoms with Crippen LogP contribution < -0.4 is 0 Å². The second-order valence-corrected chi connectivity index (χ2v) is 6.61. The van der Waals surface area contributed by atoms with E-state index in [0.29, 0.717) is 5.75 Å². The molecule has 0 aliphatic heterocycles. The van der Waals surface area contributed by atoms with Crippen molar-refractivity contribution in [2.45, 2.75) is 17.9 Å². The van der Waals surface area contributed by atoms with Crippen molar-refractivity contribution < 1.29 is 5.11 Å². The van der Waals surface area contributed by atoms with Crippen LogP contribution in [0.25, 0.3) is 0 Å². The molecule has 100 valence electrons. The third-order valence-corrected chi connectivity index (χ3v) is 5.03. The monoisotopic (exact) mass is 356 g/mol. The highest BCUT2D eigenvalue weighted by Gasteiger charge is 2.12. The first-order valence-corrected chi connectivity index (χ1v) is 8.05. The highest BCUT2D eigenvalue weighted by Crippen LogP contribution is 2.32. The Labute approximate surface area is 131 Å². The summed E-state index contributed by atoms with van der Waals surface area (Å²) < 4.78 is 0.944. The van der Waals surface area contributed by atoms with Crippen LogP contribution in [0.3, 0.4) is 0 Å². The van der Waals surface area contributed by atoms with Crippen LogP contribution in [0.2, 0.25) is 5.02 Å². The molecular weight excluding hydrogens is 344 g/mol. The Hall–Kier alpha value is -0.480. The molecule has 0 aromatic heterocycles. The van der Waals surface area contributed by atoms with Crippen LogP contribution in [0.15, 0.2) is 51.8 Å². The second-order valence-electron chi connectivity index (χ2n) is 4.28. The lowest BCUT2D eigenvalue weighted by Gasteiger charge is -2.13. The average Bonchev–Trinajstić information content (AvgIpc) is 2.37. The van der Waals surface area contributed by atoms with E-state index in [0.717, 1.165) is 20.0 Å². The van der Waals surface area contributed by atoms with E-state index in [1.807, 2.05) is 49.4 Å². The summed E-state index contributed by atoms with van der Waals surface area (Å²) in [6, 6.07) is 13.6. The van der Waals surface area contributed by atoms with Crippen LogP contribution in [0, 0.1) is 6.92 Å². The Kier molecular flexibility index (Phi) is 5.34. The predicted molar refractivity (Wildman–Crippen MR) is 86.0 cm³/mol. The van der Waals surface area contributed by atoms with Crippen LogP contribution in [0.5, 0.6) is 0 Å². The van der Waals surface area contributed by atoms with Gasteiger partial charge in [0.2, 0.25) is 0 Å². The molecule has 0 amide bonds. The zero-order chi connectivity index (χ0) is 13.8. The summed E-state index contributed by atoms with van der Waals surface area (Å²) in [6.07, 6.45) is -0.517. The Morgan fingerprint density at radius 3 is 2.68 bits per heavy atom. The lowest BCUT2D eigenvalue weighted by atomic mass is 10.1. The molecule has 1 atom stereocenters. The minimum absolute atomic E-state index is 0.517. The van der Waals surface area contributed by atoms with Crippen molar-refractivity contribution in [2.75, 3.05) is 5.75 Å². The number of thioether (sulfide) groups is 1. The molecule has 1 nitrogen and oxygen atoms in total. The SMILES string of the molecule is Cc1ccc(C(O)CSc2ccccc2Cl)c(Br)c1. The van der Waals surface area contributed by atoms with E-state index in [2.05, 4.69) is 15.9 Å². The molecule has 1 unspecified atom stereocenters. The number of aliphatic hydroxyl groups excluding tert-OH is 1. The topological polar surface area (TPSA) is 20.2 Å². The van der Waals surface area contributed by atoms with E-state index in [1.54, 1.807) is 11.8 Å². The van der Waals surface area contributed by atoms with Gasteiger partial charge in [0.15, 0.2) is 0 Å². The van der Waals surface area contributed by atoms with Crippen LogP contribution in [-0.4, -0.2) is 10.9 Å². The summed E-state index contributed by atoms with van der Waals surface area (Å²) in [4.78, 5) is 0.992. The second kappa shape index (κ2) is 6.80. The summed E-state index contributed by atoms with van der Waals surface area (Å²) >= 11 is 11.1. The van der Waals surface area contributed by atoms with Crippen LogP contribution in [-0.2, 0) is 0 Å². The predicted octanol–water partition coefficient (Wildman–Crippen LogP) is 5.24. The number of hydrogen-bond acceptors (Lipinski definition) is 2. The maximum atomic E-state index is 10.3. The first-order chi connectivity index (χ1) is 9.08. The van der Waals surface area contributed by atoms with Gasteiger partial charge in [0.1, 0.15) is 0 Å². The molecule has 0 aliphatic rings. The number of aryl methyl sites for hydroxylation is 1. The zero-order valence-electron chi connectivity index (χ0n) is 10.4. The van der Waals surface area contributed by atoms with Crippen LogP contribution in [0.1, 0.15) is 17.2 Å². The Morgan fingerprint density at radius 1 is 1.26 bits per heavy atom. The zero-order valence-corrected chi connectivity index (χ0v) is 13.6. The Balaban J connectivity index is 2.05. The first-order valence-electron chi connectivity index (χ1n) is 5.89. The molecule has 19 heavy (non-hydrogen) atoms. The molecule has 0 bridgehead atoms. The van der Waals surface area contributed by atoms with Gasteiger partial charge < -0.3 is 5.11 Å². The van der Waals surface area contributed by atoms with Crippen molar-refractivity contribution in [3.63, 3.8) is 0 Å². The molecule has 2 aromatic carbocycles. The fourth-order valence-corrected chi connectivity index (χ4v) is 3.68. The van der Waals surface area contributed by atoms with Gasteiger partial charge in [0.25, 0.3) is 0 Å². The third kappa shape index (κ3) is 3.99. The summed E-state index contributed by atoms with van der Waals surface area (Å²) in [5, 5.41) is 11.0. The van der Waals surface area contributed by atoms with Crippen LogP contribution >= 0.6 is 39.3 Å². The van der Waals surface area contributed by atoms with Gasteiger partial charge in [-0.2, -0.15) is 0 Å². The Bertz CT molecular complexity index is 574. The maximum Gasteiger partial charge on any atom is 0.0894 e. The number of hydrogen-bond donors (Lipinski definition) is 1. The van der Waals surface area contributed by atoms with E-state index < -0.39 is 6.10 Å². The van der Waals surface area contributed by atoms with Gasteiger partial charge >= 0.3 is 0 Å². The largest absolute Gasteiger partial charge is 0.387 e. The first kappa shape index (κ1) is 14.9. The minimum Gasteiger partial charge on any atom is -0.387 e. The van der Waals surface area contributed by atoms with Crippen molar-refractivity contribution in [1.82, 2.24) is 0 Å². The quantitative estimate of drug-likeness (QED) is 0.755. The van der Waals surface area contributed by atoms with Crippen molar-refractivity contribution in [2.24, 2.45) is 0 Å². The molecule has 0 saturated heterocycles. The van der Waals surface area contributed by atoms with Gasteiger partial charge in [-0.1, -0.05) is 51.8 Å². The van der Waals surface area contributed by atoms with Gasteiger partial charge in [-0.15, -0.1) is 11.8 Å². The standard InChI is InChI=1S/C15H14BrClOS/c1-10-6-7-11(12(16)8-10)14(18)9-19-15-5-3-2-4-13(15)17/h2-8,14,18H,9H2,1H3. The average molecular weight is 358 g/mol. The summed E-state index contributed by atoms with van der Waals surface area (Å²) in [6.45, 7) is 2.03. The number of aliphatic hydroxyl groups is 1. The van der Waals surface area contributed by atoms with Crippen molar-refractivity contribution >= 4 is 39.3 Å². The van der Waals surface area contributed by atoms with E-state index >= 15 is 0 Å². The highest BCUT2D eigenvalue weighted by molar-refractivity contribution is 9.10. The smallest absolute Gasteiger partial charge is 0.0894 e. The van der Waals surface area contributed by atoms with E-state index in [9.17, 15) is 5.11 Å². The van der Waals surface area contributed by atoms with Gasteiger partial charge in [0, 0.05) is 15.1 Å². The van der Waals surface area contributed by atoms with E-state index in [4.69, 9.17) is 11.6 Å². The van der Waals surface area contributed by atoms with Crippen LogP contribution in [0.4, 0.5) is 0 Å². The van der Waals surface area contributed by atoms with E-state index in [1.165, 1.54) is 5.56 Å². The normalized spacial score (nSPS) is 12.4. The van der Waals surface area contributed by atoms with Gasteiger partial charge in [-0.25, -0.2) is 0 Å². The van der Waals surface area contributed by atoms with E-state index in [-0.39, 0.29) is 0 Å². The van der Waals surface area contributed by atoms with Gasteiger partial charge in [0.05, 0.1) is 11.1 Å². The molecule has 0 fully saturated rings. The molecule has 0 saturated carbocycles. The number of halogens is 2. The molecular formula is C15H14BrClOS. The molecule has 4 heteroatoms. The molecule has 0 heterocycles. The summed E-state index contributed by atoms with van der Waals surface area (Å²) in [5.41, 5.74) is 2.08. The minimum atomic E-state index is -0.517. The van der Waals surface area contributed by atoms with Crippen molar-refractivity contribution in [1.29, 1.82) is 0 Å². The lowest BCUT2D eigenvalue weighted by Crippen LogP contribution is -2.01. The highest BCUT2D eigenvalue weighted by atomic mass is 79.9. The molecule has 1 N–H and O–H groups in total. The molecule has 0 aliphatic carbocycles. The summed E-state index contributed by atoms with van der Waals surface area (Å²) in [7, 11) is 0. The molecule has 2 aromatic rings. The molecule has 0 radical (unpaired) electrons. The fourth-order valence-electron chi connectivity index (χ4n) is 1.72. The number of rotatable bonds is 4. The molecule has 2 rings (SSSR count). The fraction of sp³-hybridized carbons (Fsp3) is 0.200. The molecule has 0 spiro atoms. The Morgan fingerprint density at radius 2 is 2.00 bits per heavy atom. The lowest BCUT2D eigenvalue weighted by molar-refractivity contribution is 0.203. The van der Waals surface area contributed by atoms with Crippen molar-refractivity contribution in [3.8, 4) is 0 Å². The maximum absolute atomic E-state index is 10.3. The van der Waals surface area contributed by atoms with Crippen molar-refractivity contribution in [3.05, 3.63) is 63.1 Å². The number of benzene rings is 2. The van der Waals surface area contributed by atoms with Gasteiger partial charge in [-0.3, -0.25) is 0 Å².